The first-order valence-corrected chi connectivity index (χ1v) is 6.69. The molecule has 0 radical (unpaired) electrons. The molecule has 2 aromatic heterocycles. The highest BCUT2D eigenvalue weighted by atomic mass is 16.5. The third-order valence-corrected chi connectivity index (χ3v) is 3.48. The number of aryl methyl sites for hydroxylation is 1. The number of aromatic nitrogens is 3. The van der Waals surface area contributed by atoms with Crippen LogP contribution >= 0.6 is 0 Å². The molecular weight excluding hydrogens is 282 g/mol. The normalized spacial score (nSPS) is 10.7. The van der Waals surface area contributed by atoms with Gasteiger partial charge in [0.15, 0.2) is 0 Å². The van der Waals surface area contributed by atoms with Crippen LogP contribution in [-0.2, 0) is 11.8 Å². The Morgan fingerprint density at radius 2 is 2.00 bits per heavy atom. The molecule has 3 aromatic rings. The number of carbonyl (C=O) groups is 1. The van der Waals surface area contributed by atoms with Gasteiger partial charge in [0, 0.05) is 18.7 Å². The number of pyridine rings is 1. The van der Waals surface area contributed by atoms with E-state index in [-0.39, 0.29) is 0 Å². The van der Waals surface area contributed by atoms with Gasteiger partial charge in [0.2, 0.25) is 5.88 Å². The Morgan fingerprint density at radius 3 is 2.73 bits per heavy atom. The third-order valence-electron chi connectivity index (χ3n) is 3.48. The molecule has 0 N–H and O–H groups in total. The molecule has 0 aliphatic carbocycles. The highest BCUT2D eigenvalue weighted by Gasteiger charge is 2.17. The maximum absolute atomic E-state index is 12.0. The van der Waals surface area contributed by atoms with Crippen LogP contribution in [0.1, 0.15) is 10.4 Å². The van der Waals surface area contributed by atoms with E-state index in [0.717, 1.165) is 16.6 Å². The topological polar surface area (TPSA) is 66.2 Å². The zero-order valence-electron chi connectivity index (χ0n) is 12.5. The maximum Gasteiger partial charge on any atom is 0.340 e. The summed E-state index contributed by atoms with van der Waals surface area (Å²) >= 11 is 0. The van der Waals surface area contributed by atoms with E-state index < -0.39 is 5.97 Å². The van der Waals surface area contributed by atoms with Crippen molar-refractivity contribution >= 4 is 17.0 Å². The number of imidazole rings is 1. The maximum atomic E-state index is 12.0. The number of benzene rings is 1. The van der Waals surface area contributed by atoms with Crippen LogP contribution in [0.5, 0.6) is 5.88 Å². The number of hydrogen-bond donors (Lipinski definition) is 0. The molecule has 0 spiro atoms. The van der Waals surface area contributed by atoms with Crippen LogP contribution in [0.4, 0.5) is 0 Å². The summed E-state index contributed by atoms with van der Waals surface area (Å²) in [6.45, 7) is 0. The minimum atomic E-state index is -0.435. The van der Waals surface area contributed by atoms with Crippen molar-refractivity contribution < 1.29 is 14.3 Å². The van der Waals surface area contributed by atoms with E-state index in [4.69, 9.17) is 9.47 Å². The summed E-state index contributed by atoms with van der Waals surface area (Å²) < 4.78 is 11.9. The Balaban J connectivity index is 2.22. The zero-order valence-corrected chi connectivity index (χ0v) is 12.5. The Kier molecular flexibility index (Phi) is 3.50. The van der Waals surface area contributed by atoms with Crippen LogP contribution < -0.4 is 4.74 Å². The van der Waals surface area contributed by atoms with Crippen molar-refractivity contribution in [3.63, 3.8) is 0 Å². The van der Waals surface area contributed by atoms with Crippen LogP contribution in [0, 0.1) is 0 Å². The smallest absolute Gasteiger partial charge is 0.340 e. The third kappa shape index (κ3) is 2.28. The summed E-state index contributed by atoms with van der Waals surface area (Å²) in [6.07, 6.45) is 1.74. The Hall–Kier alpha value is -2.89. The molecule has 0 unspecified atom stereocenters. The number of rotatable bonds is 3. The molecule has 22 heavy (non-hydrogen) atoms. The molecule has 6 nitrogen and oxygen atoms in total. The highest BCUT2D eigenvalue weighted by molar-refractivity contribution is 5.97. The van der Waals surface area contributed by atoms with Crippen LogP contribution in [0.3, 0.4) is 0 Å². The van der Waals surface area contributed by atoms with Crippen LogP contribution in [0.15, 0.2) is 36.7 Å². The van der Waals surface area contributed by atoms with E-state index in [1.54, 1.807) is 18.5 Å². The van der Waals surface area contributed by atoms with Gasteiger partial charge < -0.3 is 14.0 Å². The van der Waals surface area contributed by atoms with Crippen molar-refractivity contribution in [1.29, 1.82) is 0 Å². The van der Waals surface area contributed by atoms with E-state index in [0.29, 0.717) is 17.1 Å². The fourth-order valence-corrected chi connectivity index (χ4v) is 2.32. The van der Waals surface area contributed by atoms with Gasteiger partial charge in [-0.3, -0.25) is 0 Å². The quantitative estimate of drug-likeness (QED) is 0.695. The van der Waals surface area contributed by atoms with Gasteiger partial charge in [-0.25, -0.2) is 14.8 Å². The van der Waals surface area contributed by atoms with Crippen LogP contribution in [0.25, 0.3) is 22.3 Å². The SMILES string of the molecule is COC(=O)c1ccc(OC)nc1-c1ccc2ncn(C)c2c1. The molecule has 0 atom stereocenters. The average molecular weight is 297 g/mol. The van der Waals surface area contributed by atoms with Gasteiger partial charge in [0.05, 0.1) is 42.8 Å². The monoisotopic (exact) mass is 297 g/mol. The summed E-state index contributed by atoms with van der Waals surface area (Å²) in [4.78, 5) is 20.7. The number of hydrogen-bond acceptors (Lipinski definition) is 5. The van der Waals surface area contributed by atoms with E-state index in [1.807, 2.05) is 29.8 Å². The summed E-state index contributed by atoms with van der Waals surface area (Å²) in [7, 11) is 4.80. The van der Waals surface area contributed by atoms with Crippen molar-refractivity contribution in [3.05, 3.63) is 42.2 Å². The van der Waals surface area contributed by atoms with Gasteiger partial charge in [-0.1, -0.05) is 6.07 Å². The number of methoxy groups -OCH3 is 2. The van der Waals surface area contributed by atoms with Gasteiger partial charge in [0.1, 0.15) is 0 Å². The lowest BCUT2D eigenvalue weighted by atomic mass is 10.1. The molecule has 2 heterocycles. The van der Waals surface area contributed by atoms with Crippen molar-refractivity contribution in [2.75, 3.05) is 14.2 Å². The number of carbonyl (C=O) groups excluding carboxylic acids is 1. The van der Waals surface area contributed by atoms with Crippen molar-refractivity contribution in [3.8, 4) is 17.1 Å². The minimum absolute atomic E-state index is 0.393. The van der Waals surface area contributed by atoms with Gasteiger partial charge in [-0.15, -0.1) is 0 Å². The van der Waals surface area contributed by atoms with Crippen molar-refractivity contribution in [2.45, 2.75) is 0 Å². The largest absolute Gasteiger partial charge is 0.481 e. The van der Waals surface area contributed by atoms with E-state index in [1.165, 1.54) is 14.2 Å². The number of fused-ring (bicyclic) bond motifs is 1. The predicted molar refractivity (Wildman–Crippen MR) is 81.8 cm³/mol. The minimum Gasteiger partial charge on any atom is -0.481 e. The molecule has 112 valence electrons. The highest BCUT2D eigenvalue weighted by Crippen LogP contribution is 2.27. The van der Waals surface area contributed by atoms with Crippen molar-refractivity contribution in [1.82, 2.24) is 14.5 Å². The molecule has 0 amide bonds. The second kappa shape index (κ2) is 5.48. The summed E-state index contributed by atoms with van der Waals surface area (Å²) in [5.41, 5.74) is 3.56. The fraction of sp³-hybridized carbons (Fsp3) is 0.188. The first-order chi connectivity index (χ1) is 10.6. The average Bonchev–Trinajstić information content (AvgIpc) is 2.94. The lowest BCUT2D eigenvalue weighted by Crippen LogP contribution is -2.06. The second-order valence-corrected chi connectivity index (χ2v) is 4.80. The Morgan fingerprint density at radius 1 is 1.18 bits per heavy atom. The molecule has 0 saturated carbocycles. The van der Waals surface area contributed by atoms with Gasteiger partial charge >= 0.3 is 5.97 Å². The lowest BCUT2D eigenvalue weighted by Gasteiger charge is -2.09. The number of esters is 1. The van der Waals surface area contributed by atoms with E-state index >= 15 is 0 Å². The van der Waals surface area contributed by atoms with Gasteiger partial charge in [-0.2, -0.15) is 0 Å². The fourth-order valence-electron chi connectivity index (χ4n) is 2.32. The number of ether oxygens (including phenoxy) is 2. The lowest BCUT2D eigenvalue weighted by molar-refractivity contribution is 0.0601. The molecule has 0 bridgehead atoms. The van der Waals surface area contributed by atoms with E-state index in [2.05, 4.69) is 9.97 Å². The molecule has 1 aromatic carbocycles. The molecule has 3 rings (SSSR count). The molecule has 6 heteroatoms. The summed E-state index contributed by atoms with van der Waals surface area (Å²) in [6, 6.07) is 9.01. The standard InChI is InChI=1S/C16H15N3O3/c1-19-9-17-12-6-4-10(8-13(12)19)15-11(16(20)22-3)5-7-14(18-15)21-2/h4-9H,1-3H3. The zero-order chi connectivity index (χ0) is 15.7. The van der Waals surface area contributed by atoms with Crippen LogP contribution in [0.2, 0.25) is 0 Å². The first kappa shape index (κ1) is 14.1. The molecule has 0 aliphatic heterocycles. The van der Waals surface area contributed by atoms with Gasteiger partial charge in [-0.05, 0) is 18.2 Å². The summed E-state index contributed by atoms with van der Waals surface area (Å²) in [5.74, 6) is 0.00279. The first-order valence-electron chi connectivity index (χ1n) is 6.69. The van der Waals surface area contributed by atoms with Crippen molar-refractivity contribution in [2.24, 2.45) is 7.05 Å². The van der Waals surface area contributed by atoms with E-state index in [9.17, 15) is 4.79 Å². The molecular formula is C16H15N3O3. The second-order valence-electron chi connectivity index (χ2n) is 4.80. The predicted octanol–water partition coefficient (Wildman–Crippen LogP) is 2.43. The Bertz CT molecular complexity index is 855. The van der Waals surface area contributed by atoms with Gasteiger partial charge in [0.25, 0.3) is 0 Å². The summed E-state index contributed by atoms with van der Waals surface area (Å²) in [5, 5.41) is 0. The molecule has 0 fully saturated rings. The molecule has 0 aliphatic rings. The Labute approximate surface area is 127 Å². The number of nitrogens with zero attached hydrogens (tertiary/aromatic N) is 3. The van der Waals surface area contributed by atoms with Crippen LogP contribution in [-0.4, -0.2) is 34.7 Å². The molecule has 0 saturated heterocycles.